The van der Waals surface area contributed by atoms with Crippen molar-refractivity contribution in [1.29, 1.82) is 0 Å². The number of rotatable bonds is 0. The summed E-state index contributed by atoms with van der Waals surface area (Å²) in [6.45, 7) is 0.165. The molecule has 0 fully saturated rings. The summed E-state index contributed by atoms with van der Waals surface area (Å²) < 4.78 is 15.6. The molecule has 51 heavy (non-hydrogen) atoms. The Morgan fingerprint density at radius 3 is 1.41 bits per heavy atom. The Bertz CT molecular complexity index is 3120. The average molecular weight is 649 g/mol. The summed E-state index contributed by atoms with van der Waals surface area (Å²) >= 11 is 0. The number of aromatic nitrogens is 1. The Hall–Kier alpha value is -6.33. The third kappa shape index (κ3) is 2.63. The summed E-state index contributed by atoms with van der Waals surface area (Å²) in [5.41, 5.74) is 20.9. The average Bonchev–Trinajstić information content (AvgIpc) is 3.85. The molecule has 5 nitrogen and oxygen atoms in total. The third-order valence-corrected chi connectivity index (χ3v) is 12.7. The van der Waals surface area contributed by atoms with Crippen LogP contribution in [0.25, 0.3) is 71.4 Å². The van der Waals surface area contributed by atoms with E-state index < -0.39 is 0 Å². The van der Waals surface area contributed by atoms with E-state index >= 15 is 0 Å². The minimum Gasteiger partial charge on any atom is -0.456 e. The van der Waals surface area contributed by atoms with E-state index in [9.17, 15) is 0 Å². The van der Waals surface area contributed by atoms with Gasteiger partial charge in [-0.25, -0.2) is 0 Å². The predicted molar refractivity (Wildman–Crippen MR) is 214 cm³/mol. The highest BCUT2D eigenvalue weighted by molar-refractivity contribution is 7.04. The second-order valence-corrected chi connectivity index (χ2v) is 14.8. The molecule has 234 valence electrons. The van der Waals surface area contributed by atoms with Gasteiger partial charge < -0.3 is 23.2 Å². The maximum atomic E-state index is 6.49. The first-order valence-corrected chi connectivity index (χ1v) is 17.8. The van der Waals surface area contributed by atoms with Crippen molar-refractivity contribution in [2.24, 2.45) is 0 Å². The zero-order chi connectivity index (χ0) is 33.0. The number of para-hydroxylation sites is 4. The molecule has 0 bridgehead atoms. The highest BCUT2D eigenvalue weighted by Crippen LogP contribution is 2.47. The van der Waals surface area contributed by atoms with Crippen LogP contribution in [0.15, 0.2) is 124 Å². The van der Waals surface area contributed by atoms with Gasteiger partial charge in [0.25, 0.3) is 13.4 Å². The van der Waals surface area contributed by atoms with Crippen molar-refractivity contribution in [3.8, 4) is 5.69 Å². The van der Waals surface area contributed by atoms with Gasteiger partial charge >= 0.3 is 0 Å². The molecule has 7 heteroatoms. The Morgan fingerprint density at radius 2 is 0.902 bits per heavy atom. The van der Waals surface area contributed by atoms with Crippen LogP contribution < -0.4 is 42.6 Å². The molecule has 0 spiro atoms. The van der Waals surface area contributed by atoms with E-state index in [4.69, 9.17) is 8.83 Å². The SMILES string of the molecule is CN1c2cc3c4c5c2B(c2ccc6oc7ccccc7c6c21)c1cccc2c6cccc(c6n-5c12)B4c1ccc2oc4ccccc4c2c1N3C. The summed E-state index contributed by atoms with van der Waals surface area (Å²) in [5.74, 6) is 0. The second kappa shape index (κ2) is 8.17. The lowest BCUT2D eigenvalue weighted by Crippen LogP contribution is -2.67. The van der Waals surface area contributed by atoms with Gasteiger partial charge in [0.2, 0.25) is 0 Å². The van der Waals surface area contributed by atoms with Crippen molar-refractivity contribution in [3.05, 3.63) is 115 Å². The Kier molecular flexibility index (Phi) is 4.10. The summed E-state index contributed by atoms with van der Waals surface area (Å²) in [5, 5.41) is 7.35. The summed E-state index contributed by atoms with van der Waals surface area (Å²) in [6, 6.07) is 42.5. The van der Waals surface area contributed by atoms with E-state index in [0.717, 1.165) is 33.1 Å². The van der Waals surface area contributed by atoms with Crippen LogP contribution in [0.3, 0.4) is 0 Å². The summed E-state index contributed by atoms with van der Waals surface area (Å²) in [6.07, 6.45) is 0. The smallest absolute Gasteiger partial charge is 0.252 e. The lowest BCUT2D eigenvalue weighted by Gasteiger charge is -2.45. The molecule has 0 aliphatic carbocycles. The van der Waals surface area contributed by atoms with Crippen LogP contribution in [0.2, 0.25) is 0 Å². The van der Waals surface area contributed by atoms with Crippen LogP contribution in [-0.4, -0.2) is 32.1 Å². The van der Waals surface area contributed by atoms with Crippen LogP contribution in [-0.2, 0) is 0 Å². The molecular weight excluding hydrogens is 624 g/mol. The molecule has 0 saturated carbocycles. The van der Waals surface area contributed by atoms with Gasteiger partial charge in [0.05, 0.1) is 10.8 Å². The van der Waals surface area contributed by atoms with Gasteiger partial charge in [-0.2, -0.15) is 0 Å². The van der Waals surface area contributed by atoms with E-state index in [1.807, 2.05) is 0 Å². The fraction of sp³-hybridized carbons (Fsp3) is 0.0455. The molecular formula is C44H25B2N3O2. The maximum Gasteiger partial charge on any atom is 0.252 e. The van der Waals surface area contributed by atoms with E-state index in [1.165, 1.54) is 93.8 Å². The maximum absolute atomic E-state index is 6.49. The second-order valence-electron chi connectivity index (χ2n) is 14.8. The van der Waals surface area contributed by atoms with Gasteiger partial charge in [-0.05, 0) is 63.1 Å². The highest BCUT2D eigenvalue weighted by Gasteiger charge is 2.49. The molecule has 7 heterocycles. The van der Waals surface area contributed by atoms with Crippen LogP contribution >= 0.6 is 0 Å². The molecule has 0 atom stereocenters. The number of hydrogen-bond donors (Lipinski definition) is 0. The van der Waals surface area contributed by atoms with Gasteiger partial charge in [-0.3, -0.25) is 0 Å². The number of furan rings is 2. The fourth-order valence-corrected chi connectivity index (χ4v) is 10.9. The molecule has 0 N–H and O–H groups in total. The number of hydrogen-bond acceptors (Lipinski definition) is 4. The molecule has 10 aromatic rings. The quantitative estimate of drug-likeness (QED) is 0.178. The lowest BCUT2D eigenvalue weighted by molar-refractivity contribution is 0.668. The number of benzene rings is 7. The van der Waals surface area contributed by atoms with Crippen molar-refractivity contribution in [2.75, 3.05) is 23.9 Å². The van der Waals surface area contributed by atoms with E-state index in [2.05, 4.69) is 144 Å². The van der Waals surface area contributed by atoms with Crippen LogP contribution in [0.1, 0.15) is 0 Å². The molecule has 0 unspecified atom stereocenters. The van der Waals surface area contributed by atoms with Crippen LogP contribution in [0, 0.1) is 0 Å². The van der Waals surface area contributed by atoms with E-state index in [0.29, 0.717) is 0 Å². The van der Waals surface area contributed by atoms with Crippen LogP contribution in [0.4, 0.5) is 22.7 Å². The predicted octanol–water partition coefficient (Wildman–Crippen LogP) is 6.40. The molecule has 4 aliphatic rings. The third-order valence-electron chi connectivity index (χ3n) is 12.7. The number of fused-ring (bicyclic) bond motifs is 15. The van der Waals surface area contributed by atoms with E-state index in [-0.39, 0.29) is 13.4 Å². The first-order valence-electron chi connectivity index (χ1n) is 17.8. The minimum atomic E-state index is 0.0827. The monoisotopic (exact) mass is 649 g/mol. The normalized spacial score (nSPS) is 14.7. The molecule has 0 amide bonds. The Labute approximate surface area is 292 Å². The molecule has 0 radical (unpaired) electrons. The Morgan fingerprint density at radius 1 is 0.431 bits per heavy atom. The van der Waals surface area contributed by atoms with Crippen LogP contribution in [0.5, 0.6) is 0 Å². The highest BCUT2D eigenvalue weighted by atomic mass is 16.3. The van der Waals surface area contributed by atoms with Crippen molar-refractivity contribution in [3.63, 3.8) is 0 Å². The van der Waals surface area contributed by atoms with E-state index in [1.54, 1.807) is 0 Å². The molecule has 14 rings (SSSR count). The standard InChI is InChI=1S/C44H25B2N3O2/c1-47-30-21-31-39-44-38(30)45(28-17-19-34-36(42(28)47)24-9-3-5-15-32(24)50-34)26-13-7-11-22-23-12-8-14-27(41(23)49(44)40(22)26)46(39)29-18-20-35-37(43(29)48(31)2)25-10-4-6-16-33(25)51-35/h3-21H,1-2H3. The first-order chi connectivity index (χ1) is 25.2. The lowest BCUT2D eigenvalue weighted by atomic mass is 9.29. The molecule has 3 aromatic heterocycles. The topological polar surface area (TPSA) is 37.7 Å². The molecule has 7 aromatic carbocycles. The Balaban J connectivity index is 1.21. The van der Waals surface area contributed by atoms with Crippen molar-refractivity contribution >= 4 is 135 Å². The van der Waals surface area contributed by atoms with Crippen molar-refractivity contribution in [1.82, 2.24) is 4.57 Å². The van der Waals surface area contributed by atoms with Gasteiger partial charge in [0, 0.05) is 75.1 Å². The number of anilines is 4. The van der Waals surface area contributed by atoms with Gasteiger partial charge in [-0.1, -0.05) is 84.9 Å². The van der Waals surface area contributed by atoms with Gasteiger partial charge in [0.1, 0.15) is 22.3 Å². The minimum absolute atomic E-state index is 0.0827. The summed E-state index contributed by atoms with van der Waals surface area (Å²) in [7, 11) is 4.52. The fourth-order valence-electron chi connectivity index (χ4n) is 10.9. The van der Waals surface area contributed by atoms with Crippen molar-refractivity contribution < 1.29 is 8.83 Å². The zero-order valence-corrected chi connectivity index (χ0v) is 27.8. The van der Waals surface area contributed by atoms with Crippen molar-refractivity contribution in [2.45, 2.75) is 0 Å². The van der Waals surface area contributed by atoms with Gasteiger partial charge in [-0.15, -0.1) is 0 Å². The first kappa shape index (κ1) is 25.6. The van der Waals surface area contributed by atoms with Gasteiger partial charge in [0.15, 0.2) is 0 Å². The largest absolute Gasteiger partial charge is 0.456 e. The molecule has 0 saturated heterocycles. The molecule has 4 aliphatic heterocycles. The zero-order valence-electron chi connectivity index (χ0n) is 27.8. The summed E-state index contributed by atoms with van der Waals surface area (Å²) in [4.78, 5) is 4.92. The number of nitrogens with zero attached hydrogens (tertiary/aromatic N) is 3.